The van der Waals surface area contributed by atoms with Gasteiger partial charge in [0.2, 0.25) is 0 Å². The van der Waals surface area contributed by atoms with E-state index in [-0.39, 0.29) is 0 Å². The average molecular weight is 368 g/mol. The monoisotopic (exact) mass is 367 g/mol. The molecule has 0 heterocycles. The Morgan fingerprint density at radius 1 is 1.04 bits per heavy atom. The van der Waals surface area contributed by atoms with E-state index in [9.17, 15) is 0 Å². The van der Waals surface area contributed by atoms with E-state index in [0.717, 1.165) is 11.7 Å². The van der Waals surface area contributed by atoms with E-state index in [1.165, 1.54) is 54.7 Å². The van der Waals surface area contributed by atoms with Crippen LogP contribution in [0.4, 0.5) is 0 Å². The molecular formula is C23H29NOS. The third-order valence-electron chi connectivity index (χ3n) is 6.05. The zero-order chi connectivity index (χ0) is 17.9. The Morgan fingerprint density at radius 2 is 1.88 bits per heavy atom. The molecule has 3 atom stereocenters. The van der Waals surface area contributed by atoms with E-state index >= 15 is 0 Å². The van der Waals surface area contributed by atoms with Gasteiger partial charge in [-0.1, -0.05) is 18.2 Å². The van der Waals surface area contributed by atoms with E-state index in [1.54, 1.807) is 18.2 Å². The second-order valence-electron chi connectivity index (χ2n) is 7.89. The van der Waals surface area contributed by atoms with Crippen LogP contribution in [0, 0.1) is 5.92 Å². The fourth-order valence-electron chi connectivity index (χ4n) is 4.45. The van der Waals surface area contributed by atoms with Crippen LogP contribution < -0.4 is 10.5 Å². The molecular weight excluding hydrogens is 338 g/mol. The molecule has 0 saturated heterocycles. The van der Waals surface area contributed by atoms with Gasteiger partial charge in [-0.05, 0) is 91.3 Å². The summed E-state index contributed by atoms with van der Waals surface area (Å²) in [5, 5.41) is 0. The zero-order valence-corrected chi connectivity index (χ0v) is 16.4. The molecule has 2 aromatic rings. The predicted octanol–water partition coefficient (Wildman–Crippen LogP) is 5.19. The lowest BCUT2D eigenvalue weighted by atomic mass is 9.82. The minimum absolute atomic E-state index is 0.412. The van der Waals surface area contributed by atoms with Gasteiger partial charge >= 0.3 is 0 Å². The summed E-state index contributed by atoms with van der Waals surface area (Å²) in [5.74, 6) is 3.60. The van der Waals surface area contributed by atoms with Gasteiger partial charge in [0.15, 0.2) is 0 Å². The Bertz CT molecular complexity index is 742. The molecule has 0 aromatic heterocycles. The van der Waals surface area contributed by atoms with Crippen molar-refractivity contribution < 1.29 is 4.74 Å². The lowest BCUT2D eigenvalue weighted by molar-refractivity contribution is 0.414. The molecule has 2 aliphatic rings. The summed E-state index contributed by atoms with van der Waals surface area (Å²) >= 11 is 1.98. The molecule has 0 bridgehead atoms. The first-order chi connectivity index (χ1) is 12.7. The Hall–Kier alpha value is -1.45. The van der Waals surface area contributed by atoms with Crippen LogP contribution in [0.25, 0.3) is 0 Å². The lowest BCUT2D eigenvalue weighted by Crippen LogP contribution is -2.17. The van der Waals surface area contributed by atoms with Gasteiger partial charge < -0.3 is 10.5 Å². The zero-order valence-electron chi connectivity index (χ0n) is 15.6. The van der Waals surface area contributed by atoms with Crippen LogP contribution in [0.3, 0.4) is 0 Å². The minimum atomic E-state index is 0.412. The third kappa shape index (κ3) is 4.10. The highest BCUT2D eigenvalue weighted by molar-refractivity contribution is 7.99. The van der Waals surface area contributed by atoms with Gasteiger partial charge in [0.05, 0.1) is 7.11 Å². The predicted molar refractivity (Wildman–Crippen MR) is 110 cm³/mol. The van der Waals surface area contributed by atoms with Crippen LogP contribution in [0.15, 0.2) is 47.4 Å². The number of nitrogens with two attached hydrogens (primary N) is 1. The van der Waals surface area contributed by atoms with Gasteiger partial charge in [0, 0.05) is 16.7 Å². The highest BCUT2D eigenvalue weighted by atomic mass is 32.2. The summed E-state index contributed by atoms with van der Waals surface area (Å²) in [6.07, 6.45) is 7.38. The van der Waals surface area contributed by atoms with Crippen molar-refractivity contribution in [2.75, 3.05) is 12.9 Å². The van der Waals surface area contributed by atoms with Crippen LogP contribution in [-0.4, -0.2) is 18.9 Å². The van der Waals surface area contributed by atoms with Gasteiger partial charge in [-0.25, -0.2) is 0 Å². The molecule has 2 nitrogen and oxygen atoms in total. The Morgan fingerprint density at radius 3 is 2.62 bits per heavy atom. The molecule has 2 N–H and O–H groups in total. The fourth-order valence-corrected chi connectivity index (χ4v) is 5.49. The highest BCUT2D eigenvalue weighted by Crippen LogP contribution is 2.37. The maximum Gasteiger partial charge on any atom is 0.118 e. The smallest absolute Gasteiger partial charge is 0.118 e. The summed E-state index contributed by atoms with van der Waals surface area (Å²) in [7, 11) is 1.72. The number of ether oxygens (including phenoxy) is 1. The van der Waals surface area contributed by atoms with Crippen LogP contribution in [0.5, 0.6) is 5.75 Å². The standard InChI is InChI=1S/C23H29NOS/c1-25-22-8-10-23(11-9-22)26-15-16-2-3-18-13-19(5-4-17(18)12-16)20-6-7-21(24)14-20/h4-5,8-11,13,16,20-21H,2-3,6-7,12,14-15,24H2,1H3. The second-order valence-corrected chi connectivity index (χ2v) is 8.99. The first-order valence-electron chi connectivity index (χ1n) is 9.85. The number of hydrogen-bond acceptors (Lipinski definition) is 3. The van der Waals surface area contributed by atoms with Gasteiger partial charge in [0.1, 0.15) is 5.75 Å². The molecule has 138 valence electrons. The number of benzene rings is 2. The Kier molecular flexibility index (Phi) is 5.56. The van der Waals surface area contributed by atoms with Crippen LogP contribution in [-0.2, 0) is 12.8 Å². The Labute approximate surface area is 161 Å². The third-order valence-corrected chi connectivity index (χ3v) is 7.29. The van der Waals surface area contributed by atoms with E-state index in [4.69, 9.17) is 10.5 Å². The van der Waals surface area contributed by atoms with Crippen molar-refractivity contribution in [3.63, 3.8) is 0 Å². The number of rotatable bonds is 5. The van der Waals surface area contributed by atoms with E-state index in [2.05, 4.69) is 42.5 Å². The van der Waals surface area contributed by atoms with Crippen molar-refractivity contribution in [1.29, 1.82) is 0 Å². The van der Waals surface area contributed by atoms with Crippen molar-refractivity contribution >= 4 is 11.8 Å². The van der Waals surface area contributed by atoms with Crippen molar-refractivity contribution in [1.82, 2.24) is 0 Å². The number of fused-ring (bicyclic) bond motifs is 1. The average Bonchev–Trinajstić information content (AvgIpc) is 3.12. The van der Waals surface area contributed by atoms with Crippen molar-refractivity contribution in [3.05, 3.63) is 59.2 Å². The van der Waals surface area contributed by atoms with Crippen LogP contribution in [0.2, 0.25) is 0 Å². The minimum Gasteiger partial charge on any atom is -0.497 e. The van der Waals surface area contributed by atoms with Gasteiger partial charge in [0.25, 0.3) is 0 Å². The van der Waals surface area contributed by atoms with Crippen molar-refractivity contribution in [3.8, 4) is 5.75 Å². The fraction of sp³-hybridized carbons (Fsp3) is 0.478. The largest absolute Gasteiger partial charge is 0.497 e. The first-order valence-corrected chi connectivity index (χ1v) is 10.8. The van der Waals surface area contributed by atoms with Gasteiger partial charge in [-0.15, -0.1) is 11.8 Å². The number of methoxy groups -OCH3 is 1. The normalized spacial score (nSPS) is 25.1. The molecule has 26 heavy (non-hydrogen) atoms. The van der Waals surface area contributed by atoms with Gasteiger partial charge in [-0.3, -0.25) is 0 Å². The topological polar surface area (TPSA) is 35.2 Å². The maximum atomic E-state index is 6.11. The molecule has 0 aliphatic heterocycles. The number of hydrogen-bond donors (Lipinski definition) is 1. The molecule has 0 spiro atoms. The Balaban J connectivity index is 1.35. The summed E-state index contributed by atoms with van der Waals surface area (Å²) in [5.41, 5.74) is 10.8. The van der Waals surface area contributed by atoms with Crippen molar-refractivity contribution in [2.45, 2.75) is 55.4 Å². The molecule has 3 unspecified atom stereocenters. The molecule has 1 saturated carbocycles. The second kappa shape index (κ2) is 8.06. The first kappa shape index (κ1) is 17.9. The lowest BCUT2D eigenvalue weighted by Gasteiger charge is -2.25. The molecule has 2 aromatic carbocycles. The molecule has 3 heteroatoms. The quantitative estimate of drug-likeness (QED) is 0.739. The molecule has 2 aliphatic carbocycles. The summed E-state index contributed by atoms with van der Waals surface area (Å²) < 4.78 is 5.24. The SMILES string of the molecule is COc1ccc(SCC2CCc3cc(C4CCC(N)C4)ccc3C2)cc1. The number of thioether (sulfide) groups is 1. The maximum absolute atomic E-state index is 6.11. The molecule has 4 rings (SSSR count). The molecule has 0 radical (unpaired) electrons. The molecule has 0 amide bonds. The summed E-state index contributed by atoms with van der Waals surface area (Å²) in [4.78, 5) is 1.34. The summed E-state index contributed by atoms with van der Waals surface area (Å²) in [6.45, 7) is 0. The summed E-state index contributed by atoms with van der Waals surface area (Å²) in [6, 6.07) is 16.1. The van der Waals surface area contributed by atoms with Crippen LogP contribution in [0.1, 0.15) is 48.3 Å². The van der Waals surface area contributed by atoms with E-state index in [0.29, 0.717) is 12.0 Å². The van der Waals surface area contributed by atoms with Crippen molar-refractivity contribution in [2.24, 2.45) is 11.7 Å². The molecule has 1 fully saturated rings. The van der Waals surface area contributed by atoms with Gasteiger partial charge in [-0.2, -0.15) is 0 Å². The van der Waals surface area contributed by atoms with E-state index < -0.39 is 0 Å². The highest BCUT2D eigenvalue weighted by Gasteiger charge is 2.25. The van der Waals surface area contributed by atoms with Crippen LogP contribution >= 0.6 is 11.8 Å². The number of aryl methyl sites for hydroxylation is 1. The van der Waals surface area contributed by atoms with E-state index in [1.807, 2.05) is 11.8 Å².